The van der Waals surface area contributed by atoms with Gasteiger partial charge in [0.1, 0.15) is 12.1 Å². The van der Waals surface area contributed by atoms with Crippen molar-refractivity contribution in [2.75, 3.05) is 11.5 Å². The zero-order chi connectivity index (χ0) is 58.7. The van der Waals surface area contributed by atoms with Crippen molar-refractivity contribution >= 4 is 64.8 Å². The quantitative estimate of drug-likeness (QED) is 0.0325. The Morgan fingerprint density at radius 3 is 1.16 bits per heavy atom. The Morgan fingerprint density at radius 2 is 0.787 bits per heavy atom. The van der Waals surface area contributed by atoms with Crippen LogP contribution in [0, 0.1) is 23.7 Å². The first-order valence-corrected chi connectivity index (χ1v) is 31.0. The third-order valence-electron chi connectivity index (χ3n) is 15.2. The Labute approximate surface area is 474 Å². The molecule has 0 radical (unpaired) electrons. The maximum Gasteiger partial charge on any atom is 0.243 e. The molecule has 0 unspecified atom stereocenters. The number of fused-ring (bicyclic) bond motifs is 2. The topological polar surface area (TPSA) is 231 Å². The first-order valence-electron chi connectivity index (χ1n) is 27.7. The number of amides is 4. The van der Waals surface area contributed by atoms with Crippen LogP contribution in [0.4, 0.5) is 0 Å². The number of carbonyl (C=O) groups excluding carboxylic acids is 4. The van der Waals surface area contributed by atoms with Gasteiger partial charge in [0.05, 0.1) is 57.1 Å². The number of nitrogens with one attached hydrogen (secondary N) is 4. The Kier molecular flexibility index (Phi) is 21.1. The Bertz CT molecular complexity index is 3070. The van der Waals surface area contributed by atoms with Crippen LogP contribution in [-0.2, 0) is 64.5 Å². The van der Waals surface area contributed by atoms with E-state index >= 15 is 0 Å². The van der Waals surface area contributed by atoms with Crippen LogP contribution in [0.15, 0.2) is 146 Å². The van der Waals surface area contributed by atoms with Gasteiger partial charge in [0.25, 0.3) is 0 Å². The fourth-order valence-electron chi connectivity index (χ4n) is 9.90. The van der Waals surface area contributed by atoms with Crippen molar-refractivity contribution < 1.29 is 41.1 Å². The van der Waals surface area contributed by atoms with Gasteiger partial charge < -0.3 is 32.1 Å². The molecule has 0 aliphatic heterocycles. The molecule has 0 saturated heterocycles. The van der Waals surface area contributed by atoms with Crippen LogP contribution >= 0.6 is 0 Å². The zero-order valence-electron chi connectivity index (χ0n) is 48.0. The van der Waals surface area contributed by atoms with E-state index in [9.17, 15) is 41.1 Å². The van der Waals surface area contributed by atoms with E-state index in [2.05, 4.69) is 21.3 Å². The molecular formula is C64H83N5O9S2. The molecule has 0 aliphatic rings. The van der Waals surface area contributed by atoms with Gasteiger partial charge in [0, 0.05) is 0 Å². The van der Waals surface area contributed by atoms with E-state index in [-0.39, 0.29) is 25.7 Å². The smallest absolute Gasteiger partial charge is 0.243 e. The van der Waals surface area contributed by atoms with Crippen LogP contribution in [0.1, 0.15) is 91.5 Å². The van der Waals surface area contributed by atoms with E-state index in [0.29, 0.717) is 0 Å². The third kappa shape index (κ3) is 16.4. The van der Waals surface area contributed by atoms with E-state index in [1.54, 1.807) is 69.2 Å². The highest BCUT2D eigenvalue weighted by molar-refractivity contribution is 7.93. The monoisotopic (exact) mass is 1130 g/mol. The van der Waals surface area contributed by atoms with Crippen LogP contribution < -0.4 is 27.0 Å². The molecule has 0 aliphatic carbocycles. The molecule has 8 atom stereocenters. The number of sulfone groups is 2. The zero-order valence-corrected chi connectivity index (χ0v) is 49.6. The lowest BCUT2D eigenvalue weighted by Crippen LogP contribution is -2.64. The minimum atomic E-state index is -3.84. The normalized spacial score (nSPS) is 15.5. The maximum atomic E-state index is 14.8. The average Bonchev–Trinajstić information content (AvgIpc) is 3.40. The van der Waals surface area contributed by atoms with Crippen LogP contribution in [0.2, 0.25) is 0 Å². The van der Waals surface area contributed by atoms with Gasteiger partial charge in [-0.15, -0.1) is 0 Å². The fraction of sp³-hybridized carbons (Fsp3) is 0.438. The summed E-state index contributed by atoms with van der Waals surface area (Å²) in [7, 11) is -7.67. The summed E-state index contributed by atoms with van der Waals surface area (Å²) in [5, 5.41) is 28.1. The Hall–Kier alpha value is -6.46. The highest BCUT2D eigenvalue weighted by Gasteiger charge is 2.41. The van der Waals surface area contributed by atoms with Gasteiger partial charge in [0.15, 0.2) is 19.7 Å². The van der Waals surface area contributed by atoms with Gasteiger partial charge in [-0.3, -0.25) is 19.2 Å². The lowest BCUT2D eigenvalue weighted by atomic mass is 9.88. The Morgan fingerprint density at radius 1 is 0.450 bits per heavy atom. The molecule has 0 aromatic heterocycles. The number of hydrogen-bond donors (Lipinski definition) is 6. The highest BCUT2D eigenvalue weighted by atomic mass is 32.2. The van der Waals surface area contributed by atoms with Crippen molar-refractivity contribution in [2.45, 2.75) is 141 Å². The van der Waals surface area contributed by atoms with E-state index in [0.717, 1.165) is 43.8 Å². The molecule has 0 saturated carbocycles. The standard InChI is InChI=1S/C64H83N5O9S2/c1-41(2)56(68-59(71)49(39-79(75,76)63(5,6)7)37-47-31-21-29-45-27-17-19-33-51(45)47)61(73)66-53(35-43-23-13-11-14-24-43)55(65)58(70)54(36-44-25-15-12-16-26-44)67-62(74)57(42(3)4)69-60(72)50(40-80(77,78)64(8,9)10)38-48-32-22-30-46-28-18-20-34-52(46)48/h11-34,41-42,49-50,53-58,70H,35-40,65H2,1-10H3,(H,66,73)(H,67,74)(H,68,71)(H,69,72)/t49-,50-,53-,54-,55-,56-,57-,58+/m0/s1. The SMILES string of the molecule is CC(C)[C@H](NC(=O)[C@@H](Cc1cccc2ccccc12)CS(=O)(=O)C(C)(C)C)C(=O)N[C@@H](Cc1ccccc1)[C@H](N)[C@H](O)[C@H](Cc1ccccc1)NC(=O)[C@@H](NC(=O)[C@@H](Cc1cccc2ccccc12)CS(=O)(=O)C(C)(C)C)C(C)C. The minimum Gasteiger partial charge on any atom is -0.389 e. The molecule has 0 heterocycles. The molecule has 6 aromatic carbocycles. The van der Waals surface area contributed by atoms with E-state index in [4.69, 9.17) is 5.73 Å². The highest BCUT2D eigenvalue weighted by Crippen LogP contribution is 2.28. The minimum absolute atomic E-state index is 0.0831. The van der Waals surface area contributed by atoms with E-state index in [1.165, 1.54) is 0 Å². The summed E-state index contributed by atoms with van der Waals surface area (Å²) in [5.74, 6) is -6.57. The number of benzene rings is 6. The molecule has 80 heavy (non-hydrogen) atoms. The van der Waals surface area contributed by atoms with Crippen molar-refractivity contribution in [1.29, 1.82) is 0 Å². The molecule has 14 nitrogen and oxygen atoms in total. The molecule has 0 bridgehead atoms. The summed E-state index contributed by atoms with van der Waals surface area (Å²) in [6.45, 7) is 16.6. The summed E-state index contributed by atoms with van der Waals surface area (Å²) < 4.78 is 53.0. The van der Waals surface area contributed by atoms with Crippen LogP contribution in [0.3, 0.4) is 0 Å². The molecule has 6 rings (SSSR count). The van der Waals surface area contributed by atoms with Gasteiger partial charge in [0.2, 0.25) is 23.6 Å². The maximum absolute atomic E-state index is 14.8. The van der Waals surface area contributed by atoms with Crippen molar-refractivity contribution in [3.05, 3.63) is 168 Å². The molecule has 0 fully saturated rings. The first-order chi connectivity index (χ1) is 37.6. The van der Waals surface area contributed by atoms with E-state index in [1.807, 2.05) is 146 Å². The molecule has 16 heteroatoms. The molecule has 6 aromatic rings. The molecule has 430 valence electrons. The molecular weight excluding hydrogens is 1050 g/mol. The summed E-state index contributed by atoms with van der Waals surface area (Å²) in [4.78, 5) is 58.8. The summed E-state index contributed by atoms with van der Waals surface area (Å²) in [6.07, 6.45) is -1.15. The van der Waals surface area contributed by atoms with Crippen LogP contribution in [-0.4, -0.2) is 103 Å². The number of rotatable bonds is 25. The first kappa shape index (κ1) is 62.7. The lowest BCUT2D eigenvalue weighted by molar-refractivity contribution is -0.133. The predicted molar refractivity (Wildman–Crippen MR) is 321 cm³/mol. The van der Waals surface area contributed by atoms with Crippen molar-refractivity contribution in [2.24, 2.45) is 29.4 Å². The number of carbonyl (C=O) groups is 4. The van der Waals surface area contributed by atoms with E-state index < -0.39 is 124 Å². The second-order valence-electron chi connectivity index (χ2n) is 24.0. The second-order valence-corrected chi connectivity index (χ2v) is 29.6. The number of hydrogen-bond acceptors (Lipinski definition) is 10. The number of nitrogens with two attached hydrogens (primary N) is 1. The lowest BCUT2D eigenvalue weighted by Gasteiger charge is -2.36. The number of aliphatic hydroxyl groups excluding tert-OH is 1. The van der Waals surface area contributed by atoms with Crippen molar-refractivity contribution in [3.63, 3.8) is 0 Å². The van der Waals surface area contributed by atoms with Gasteiger partial charge in [-0.05, 0) is 123 Å². The van der Waals surface area contributed by atoms with Gasteiger partial charge in [-0.1, -0.05) is 173 Å². The van der Waals surface area contributed by atoms with Gasteiger partial charge in [-0.2, -0.15) is 0 Å². The van der Waals surface area contributed by atoms with Gasteiger partial charge in [-0.25, -0.2) is 16.8 Å². The molecule has 0 spiro atoms. The fourth-order valence-corrected chi connectivity index (χ4v) is 12.5. The second kappa shape index (κ2) is 26.9. The largest absolute Gasteiger partial charge is 0.389 e. The van der Waals surface area contributed by atoms with Crippen molar-refractivity contribution in [1.82, 2.24) is 21.3 Å². The third-order valence-corrected chi connectivity index (χ3v) is 20.6. The average molecular weight is 1130 g/mol. The van der Waals surface area contributed by atoms with Crippen LogP contribution in [0.5, 0.6) is 0 Å². The summed E-state index contributed by atoms with van der Waals surface area (Å²) in [6, 6.07) is 39.4. The summed E-state index contributed by atoms with van der Waals surface area (Å²) >= 11 is 0. The summed E-state index contributed by atoms with van der Waals surface area (Å²) in [5.41, 5.74) is 10.2. The Balaban J connectivity index is 1.29. The predicted octanol–water partition coefficient (Wildman–Crippen LogP) is 7.86. The van der Waals surface area contributed by atoms with Crippen molar-refractivity contribution in [3.8, 4) is 0 Å². The molecule has 7 N–H and O–H groups in total. The van der Waals surface area contributed by atoms with Crippen LogP contribution in [0.25, 0.3) is 21.5 Å². The molecule has 4 amide bonds. The van der Waals surface area contributed by atoms with Gasteiger partial charge >= 0.3 is 0 Å². The number of aliphatic hydroxyl groups is 1.